The van der Waals surface area contributed by atoms with E-state index in [1.165, 1.54) is 15.5 Å². The van der Waals surface area contributed by atoms with Crippen molar-refractivity contribution in [1.29, 1.82) is 0 Å². The van der Waals surface area contributed by atoms with Crippen molar-refractivity contribution in [1.82, 2.24) is 14.5 Å². The summed E-state index contributed by atoms with van der Waals surface area (Å²) < 4.78 is 29.4. The SMILES string of the molecule is Nc1nc2c(c(=O)[nH]1)n(Cc1cc3cc(Cl)ccc3o1)c[n+]2[C@@H]1O[C@H](COP(=O)([O-])O)[C@@H](O)[C@H]1O. The van der Waals surface area contributed by atoms with E-state index in [9.17, 15) is 24.5 Å². The average Bonchev–Trinajstić information content (AvgIpc) is 3.40. The first-order valence-electron chi connectivity index (χ1n) is 10.2. The van der Waals surface area contributed by atoms with E-state index >= 15 is 0 Å². The minimum Gasteiger partial charge on any atom is -0.756 e. The molecule has 0 bridgehead atoms. The maximum atomic E-state index is 12.8. The van der Waals surface area contributed by atoms with Gasteiger partial charge < -0.3 is 39.4 Å². The van der Waals surface area contributed by atoms with Crippen LogP contribution in [0.1, 0.15) is 12.0 Å². The summed E-state index contributed by atoms with van der Waals surface area (Å²) in [6.07, 6.45) is -4.32. The summed E-state index contributed by atoms with van der Waals surface area (Å²) in [7, 11) is -5.09. The molecule has 16 heteroatoms. The lowest BCUT2D eigenvalue weighted by Crippen LogP contribution is -2.46. The molecule has 1 aromatic carbocycles. The summed E-state index contributed by atoms with van der Waals surface area (Å²) in [5, 5.41) is 22.2. The third-order valence-corrected chi connectivity index (χ3v) is 6.27. The van der Waals surface area contributed by atoms with Gasteiger partial charge in [-0.1, -0.05) is 16.6 Å². The third-order valence-electron chi connectivity index (χ3n) is 5.56. The maximum absolute atomic E-state index is 12.8. The molecular weight excluding hydrogens is 509 g/mol. The summed E-state index contributed by atoms with van der Waals surface area (Å²) >= 11 is 6.03. The molecule has 0 radical (unpaired) electrons. The molecule has 5 atom stereocenters. The Labute approximate surface area is 200 Å². The molecule has 3 aromatic heterocycles. The zero-order chi connectivity index (χ0) is 25.1. The number of nitrogens with two attached hydrogens (primary N) is 1. The fourth-order valence-electron chi connectivity index (χ4n) is 4.06. The van der Waals surface area contributed by atoms with Gasteiger partial charge in [0.15, 0.2) is 6.33 Å². The van der Waals surface area contributed by atoms with E-state index in [1.807, 2.05) is 0 Å². The Kier molecular flexibility index (Phi) is 5.94. The highest BCUT2D eigenvalue weighted by molar-refractivity contribution is 7.44. The van der Waals surface area contributed by atoms with Crippen LogP contribution in [0.4, 0.5) is 5.95 Å². The van der Waals surface area contributed by atoms with E-state index in [-0.39, 0.29) is 23.7 Å². The molecule has 4 aromatic rings. The van der Waals surface area contributed by atoms with E-state index in [0.717, 1.165) is 5.39 Å². The molecule has 14 nitrogen and oxygen atoms in total. The number of nitrogens with zero attached hydrogens (tertiary/aromatic N) is 3. The number of aliphatic hydroxyl groups excluding tert-OH is 2. The second-order valence-corrected chi connectivity index (χ2v) is 9.61. The zero-order valence-corrected chi connectivity index (χ0v) is 19.3. The van der Waals surface area contributed by atoms with Crippen LogP contribution in [0.2, 0.25) is 5.02 Å². The van der Waals surface area contributed by atoms with Gasteiger partial charge in [0.25, 0.3) is 19.3 Å². The third kappa shape index (κ3) is 4.58. The van der Waals surface area contributed by atoms with Gasteiger partial charge in [0, 0.05) is 10.4 Å². The highest BCUT2D eigenvalue weighted by Crippen LogP contribution is 2.34. The number of aromatic nitrogens is 4. The van der Waals surface area contributed by atoms with Crippen LogP contribution >= 0.6 is 19.4 Å². The second kappa shape index (κ2) is 8.69. The molecule has 6 N–H and O–H groups in total. The number of phosphoric ester groups is 1. The molecule has 4 heterocycles. The first-order valence-corrected chi connectivity index (χ1v) is 12.1. The van der Waals surface area contributed by atoms with Gasteiger partial charge in [-0.3, -0.25) is 14.3 Å². The number of nitrogen functional groups attached to an aromatic ring is 1. The second-order valence-electron chi connectivity index (χ2n) is 7.98. The monoisotopic (exact) mass is 527 g/mol. The van der Waals surface area contributed by atoms with Crippen molar-refractivity contribution in [3.05, 3.63) is 51.7 Å². The van der Waals surface area contributed by atoms with Crippen molar-refractivity contribution < 1.29 is 42.8 Å². The van der Waals surface area contributed by atoms with Gasteiger partial charge >= 0.3 is 5.65 Å². The largest absolute Gasteiger partial charge is 0.756 e. The Hall–Kier alpha value is -2.81. The molecule has 186 valence electrons. The summed E-state index contributed by atoms with van der Waals surface area (Å²) in [6, 6.07) is 6.88. The lowest BCUT2D eigenvalue weighted by atomic mass is 10.1. The van der Waals surface area contributed by atoms with Crippen LogP contribution in [0.3, 0.4) is 0 Å². The van der Waals surface area contributed by atoms with Crippen molar-refractivity contribution in [3.8, 4) is 0 Å². The molecule has 1 saturated heterocycles. The number of aromatic amines is 1. The Morgan fingerprint density at radius 2 is 2.11 bits per heavy atom. The van der Waals surface area contributed by atoms with Crippen LogP contribution in [0.5, 0.6) is 0 Å². The number of hydrogen-bond acceptors (Lipinski definition) is 10. The quantitative estimate of drug-likeness (QED) is 0.154. The number of benzene rings is 1. The van der Waals surface area contributed by atoms with E-state index in [4.69, 9.17) is 31.4 Å². The van der Waals surface area contributed by atoms with Gasteiger partial charge in [-0.15, -0.1) is 0 Å². The predicted molar refractivity (Wildman–Crippen MR) is 117 cm³/mol. The number of ether oxygens (including phenoxy) is 1. The first kappa shape index (κ1) is 23.9. The van der Waals surface area contributed by atoms with E-state index < -0.39 is 44.5 Å². The number of hydrogen-bond donors (Lipinski definition) is 5. The lowest BCUT2D eigenvalue weighted by Gasteiger charge is -2.19. The molecule has 1 aliphatic rings. The Morgan fingerprint density at radius 3 is 2.86 bits per heavy atom. The number of aliphatic hydroxyl groups is 2. The molecule has 0 spiro atoms. The van der Waals surface area contributed by atoms with E-state index in [0.29, 0.717) is 16.4 Å². The molecule has 0 amide bonds. The van der Waals surface area contributed by atoms with Crippen LogP contribution in [-0.4, -0.2) is 54.6 Å². The fourth-order valence-corrected chi connectivity index (χ4v) is 4.57. The van der Waals surface area contributed by atoms with Crippen LogP contribution in [0.25, 0.3) is 22.1 Å². The summed E-state index contributed by atoms with van der Waals surface area (Å²) in [5.41, 5.74) is 5.83. The van der Waals surface area contributed by atoms with Crippen molar-refractivity contribution in [2.24, 2.45) is 0 Å². The smallest absolute Gasteiger partial charge is 0.313 e. The van der Waals surface area contributed by atoms with Gasteiger partial charge in [-0.2, -0.15) is 0 Å². The summed E-state index contributed by atoms with van der Waals surface area (Å²) in [6.45, 7) is -0.671. The number of nitrogens with one attached hydrogen (secondary N) is 1. The molecule has 35 heavy (non-hydrogen) atoms. The lowest BCUT2D eigenvalue weighted by molar-refractivity contribution is -0.746. The predicted octanol–water partition coefficient (Wildman–Crippen LogP) is -0.861. The fraction of sp³-hybridized carbons (Fsp3) is 0.316. The van der Waals surface area contributed by atoms with Crippen LogP contribution in [-0.2, 0) is 20.4 Å². The molecular formula is C19H19ClN5O9P. The van der Waals surface area contributed by atoms with Crippen LogP contribution in [0.15, 0.2) is 39.8 Å². The molecule has 1 aliphatic heterocycles. The van der Waals surface area contributed by atoms with Crippen LogP contribution in [0, 0.1) is 0 Å². The first-order chi connectivity index (χ1) is 16.5. The van der Waals surface area contributed by atoms with E-state index in [1.54, 1.807) is 24.3 Å². The standard InChI is InChI=1S/C19H19ClN5O9P/c20-9-1-2-11-8(3-9)4-10(33-11)5-24-7-25(16-13(24)17(28)23-19(21)22-16)18-15(27)14(26)12(34-18)6-32-35(29,30)31/h1-4,7,12,14-15,18,26-27H,5-6H2,(H4-,21,22,23,28,29,30,31)/t12-,14-,15-,18-/m1/s1. The number of H-pyrrole nitrogens is 1. The highest BCUT2D eigenvalue weighted by atomic mass is 35.5. The molecule has 1 unspecified atom stereocenters. The number of furan rings is 1. The number of phosphoric acid groups is 1. The van der Waals surface area contributed by atoms with Gasteiger partial charge in [0.1, 0.15) is 36.2 Å². The van der Waals surface area contributed by atoms with Gasteiger partial charge in [-0.05, 0) is 24.3 Å². The van der Waals surface area contributed by atoms with Crippen molar-refractivity contribution in [2.75, 3.05) is 12.3 Å². The van der Waals surface area contributed by atoms with Gasteiger partial charge in [0.2, 0.25) is 11.7 Å². The zero-order valence-electron chi connectivity index (χ0n) is 17.6. The number of anilines is 1. The Morgan fingerprint density at radius 1 is 1.34 bits per heavy atom. The topological polar surface area (TPSA) is 213 Å². The maximum Gasteiger partial charge on any atom is 0.313 e. The number of rotatable bonds is 6. The summed E-state index contributed by atoms with van der Waals surface area (Å²) in [5.74, 6) is 0.281. The van der Waals surface area contributed by atoms with E-state index in [2.05, 4.69) is 14.5 Å². The molecule has 0 saturated carbocycles. The number of fused-ring (bicyclic) bond motifs is 2. The Bertz CT molecular complexity index is 1530. The average molecular weight is 528 g/mol. The Balaban J connectivity index is 1.54. The highest BCUT2D eigenvalue weighted by Gasteiger charge is 2.47. The molecule has 0 aliphatic carbocycles. The minimum atomic E-state index is -5.09. The summed E-state index contributed by atoms with van der Waals surface area (Å²) in [4.78, 5) is 39.0. The van der Waals surface area contributed by atoms with Crippen LogP contribution < -0.4 is 20.8 Å². The van der Waals surface area contributed by atoms with Crippen molar-refractivity contribution >= 4 is 47.5 Å². The van der Waals surface area contributed by atoms with Gasteiger partial charge in [-0.25, -0.2) is 9.13 Å². The number of halogens is 1. The number of imidazole rings is 1. The molecule has 5 rings (SSSR count). The molecule has 1 fully saturated rings. The van der Waals surface area contributed by atoms with Crippen molar-refractivity contribution in [3.63, 3.8) is 0 Å². The normalized spacial score (nSPS) is 24.4. The van der Waals surface area contributed by atoms with Crippen molar-refractivity contribution in [2.45, 2.75) is 31.1 Å². The van der Waals surface area contributed by atoms with Gasteiger partial charge in [0.05, 0.1) is 6.61 Å². The minimum absolute atomic E-state index is 0.0277.